The van der Waals surface area contributed by atoms with Crippen molar-refractivity contribution in [3.05, 3.63) is 63.9 Å². The van der Waals surface area contributed by atoms with E-state index in [-0.39, 0.29) is 18.7 Å². The van der Waals surface area contributed by atoms with Crippen molar-refractivity contribution in [3.8, 4) is 12.3 Å². The summed E-state index contributed by atoms with van der Waals surface area (Å²) >= 11 is 0. The first-order valence-electron chi connectivity index (χ1n) is 6.22. The Hall–Kier alpha value is -3.14. The standard InChI is InChI=1S/C15H11FN2O4/c1-2-7-17(10-12-4-3-8-22-12)15(19)13-9-11(16)5-6-14(13)18(20)21/h1,3-6,8-9H,7,10H2. The number of carbonyl (C=O) groups excluding carboxylic acids is 1. The van der Waals surface area contributed by atoms with E-state index in [2.05, 4.69) is 5.92 Å². The molecule has 1 aromatic heterocycles. The fourth-order valence-electron chi connectivity index (χ4n) is 1.91. The van der Waals surface area contributed by atoms with E-state index in [9.17, 15) is 19.3 Å². The van der Waals surface area contributed by atoms with Gasteiger partial charge in [-0.05, 0) is 24.3 Å². The Kier molecular flexibility index (Phi) is 4.53. The molecular formula is C15H11FN2O4. The third-order valence-corrected chi connectivity index (χ3v) is 2.88. The maximum atomic E-state index is 13.3. The minimum atomic E-state index is -0.743. The Morgan fingerprint density at radius 3 is 2.82 bits per heavy atom. The topological polar surface area (TPSA) is 76.6 Å². The summed E-state index contributed by atoms with van der Waals surface area (Å²) in [6.07, 6.45) is 6.65. The number of halogens is 1. The van der Waals surface area contributed by atoms with Crippen LogP contribution in [0.25, 0.3) is 0 Å². The van der Waals surface area contributed by atoms with Gasteiger partial charge in [-0.2, -0.15) is 0 Å². The molecule has 0 unspecified atom stereocenters. The van der Waals surface area contributed by atoms with Gasteiger partial charge < -0.3 is 9.32 Å². The zero-order valence-corrected chi connectivity index (χ0v) is 11.4. The summed E-state index contributed by atoms with van der Waals surface area (Å²) in [7, 11) is 0. The lowest BCUT2D eigenvalue weighted by atomic mass is 10.1. The molecule has 1 heterocycles. The summed E-state index contributed by atoms with van der Waals surface area (Å²) in [6.45, 7) is -0.0586. The Morgan fingerprint density at radius 2 is 2.23 bits per heavy atom. The number of nitro groups is 1. The lowest BCUT2D eigenvalue weighted by molar-refractivity contribution is -0.385. The number of nitrogens with zero attached hydrogens (tertiary/aromatic N) is 2. The molecule has 2 rings (SSSR count). The van der Waals surface area contributed by atoms with Gasteiger partial charge in [0, 0.05) is 6.07 Å². The minimum absolute atomic E-state index is 0.0314. The van der Waals surface area contributed by atoms with Crippen LogP contribution in [0.15, 0.2) is 41.0 Å². The van der Waals surface area contributed by atoms with E-state index in [4.69, 9.17) is 10.8 Å². The average Bonchev–Trinajstić information content (AvgIpc) is 2.98. The Morgan fingerprint density at radius 1 is 1.45 bits per heavy atom. The first kappa shape index (κ1) is 15.3. The summed E-state index contributed by atoms with van der Waals surface area (Å²) < 4.78 is 18.5. The van der Waals surface area contributed by atoms with E-state index in [1.165, 1.54) is 11.2 Å². The molecule has 0 saturated carbocycles. The van der Waals surface area contributed by atoms with Gasteiger partial charge in [0.2, 0.25) is 0 Å². The molecule has 0 radical (unpaired) electrons. The van der Waals surface area contributed by atoms with Crippen LogP contribution in [0.5, 0.6) is 0 Å². The summed E-state index contributed by atoms with van der Waals surface area (Å²) in [5, 5.41) is 11.0. The molecule has 1 amide bonds. The van der Waals surface area contributed by atoms with Gasteiger partial charge >= 0.3 is 0 Å². The van der Waals surface area contributed by atoms with Crippen LogP contribution in [-0.4, -0.2) is 22.3 Å². The van der Waals surface area contributed by atoms with Crippen molar-refractivity contribution in [2.45, 2.75) is 6.54 Å². The van der Waals surface area contributed by atoms with Gasteiger partial charge in [0.05, 0.1) is 24.3 Å². The van der Waals surface area contributed by atoms with E-state index in [1.54, 1.807) is 12.1 Å². The van der Waals surface area contributed by atoms with E-state index in [0.29, 0.717) is 5.76 Å². The molecule has 6 nitrogen and oxygen atoms in total. The molecule has 0 saturated heterocycles. The SMILES string of the molecule is C#CCN(Cc1ccco1)C(=O)c1cc(F)ccc1[N+](=O)[O-]. The molecule has 0 spiro atoms. The number of terminal acetylenes is 1. The predicted molar refractivity (Wildman–Crippen MR) is 75.3 cm³/mol. The molecule has 0 bridgehead atoms. The Balaban J connectivity index is 2.36. The van der Waals surface area contributed by atoms with Crippen LogP contribution in [0.3, 0.4) is 0 Å². The molecule has 0 atom stereocenters. The number of carbonyl (C=O) groups is 1. The van der Waals surface area contributed by atoms with E-state index in [1.807, 2.05) is 0 Å². The van der Waals surface area contributed by atoms with Gasteiger partial charge in [0.15, 0.2) is 0 Å². The zero-order valence-electron chi connectivity index (χ0n) is 11.4. The van der Waals surface area contributed by atoms with Crippen LogP contribution in [0.1, 0.15) is 16.1 Å². The van der Waals surface area contributed by atoms with Crippen molar-refractivity contribution in [1.82, 2.24) is 4.90 Å². The molecule has 112 valence electrons. The highest BCUT2D eigenvalue weighted by Gasteiger charge is 2.25. The maximum Gasteiger partial charge on any atom is 0.282 e. The zero-order chi connectivity index (χ0) is 16.1. The normalized spacial score (nSPS) is 10.0. The number of amides is 1. The first-order chi connectivity index (χ1) is 10.5. The Bertz CT molecular complexity index is 734. The molecule has 0 aliphatic carbocycles. The smallest absolute Gasteiger partial charge is 0.282 e. The molecule has 1 aromatic carbocycles. The highest BCUT2D eigenvalue weighted by atomic mass is 19.1. The number of benzene rings is 1. The second-order valence-electron chi connectivity index (χ2n) is 4.36. The van der Waals surface area contributed by atoms with Crippen LogP contribution >= 0.6 is 0 Å². The van der Waals surface area contributed by atoms with E-state index < -0.39 is 22.3 Å². The second kappa shape index (κ2) is 6.54. The van der Waals surface area contributed by atoms with Crippen LogP contribution in [0.2, 0.25) is 0 Å². The minimum Gasteiger partial charge on any atom is -0.467 e. The third kappa shape index (κ3) is 3.30. The number of rotatable bonds is 5. The molecule has 0 aliphatic rings. The highest BCUT2D eigenvalue weighted by Crippen LogP contribution is 2.22. The van der Waals surface area contributed by atoms with Gasteiger partial charge in [-0.3, -0.25) is 14.9 Å². The van der Waals surface area contributed by atoms with Crippen molar-refractivity contribution in [3.63, 3.8) is 0 Å². The van der Waals surface area contributed by atoms with E-state index in [0.717, 1.165) is 18.2 Å². The number of nitro benzene ring substituents is 1. The molecule has 22 heavy (non-hydrogen) atoms. The van der Waals surface area contributed by atoms with E-state index >= 15 is 0 Å². The molecule has 0 aliphatic heterocycles. The third-order valence-electron chi connectivity index (χ3n) is 2.88. The maximum absolute atomic E-state index is 13.3. The predicted octanol–water partition coefficient (Wildman–Crippen LogP) is 2.60. The van der Waals surface area contributed by atoms with Gasteiger partial charge in [-0.15, -0.1) is 6.42 Å². The summed E-state index contributed by atoms with van der Waals surface area (Å²) in [6, 6.07) is 5.97. The summed E-state index contributed by atoms with van der Waals surface area (Å²) in [4.78, 5) is 23.9. The van der Waals surface area contributed by atoms with Gasteiger partial charge in [0.1, 0.15) is 17.1 Å². The first-order valence-corrected chi connectivity index (χ1v) is 6.22. The quantitative estimate of drug-likeness (QED) is 0.483. The average molecular weight is 302 g/mol. The van der Waals surface area contributed by atoms with Crippen molar-refractivity contribution in [1.29, 1.82) is 0 Å². The molecule has 0 fully saturated rings. The van der Waals surface area contributed by atoms with Crippen molar-refractivity contribution in [2.24, 2.45) is 0 Å². The summed E-state index contributed by atoms with van der Waals surface area (Å²) in [5.41, 5.74) is -0.834. The van der Waals surface area contributed by atoms with Crippen LogP contribution < -0.4 is 0 Å². The van der Waals surface area contributed by atoms with Crippen LogP contribution in [0.4, 0.5) is 10.1 Å². The fourth-order valence-corrected chi connectivity index (χ4v) is 1.91. The van der Waals surface area contributed by atoms with Gasteiger partial charge in [-0.25, -0.2) is 4.39 Å². The molecule has 7 heteroatoms. The second-order valence-corrected chi connectivity index (χ2v) is 4.36. The van der Waals surface area contributed by atoms with Gasteiger partial charge in [-0.1, -0.05) is 5.92 Å². The highest BCUT2D eigenvalue weighted by molar-refractivity contribution is 5.98. The summed E-state index contributed by atoms with van der Waals surface area (Å²) in [5.74, 6) is 1.28. The lowest BCUT2D eigenvalue weighted by Crippen LogP contribution is -2.31. The van der Waals surface area contributed by atoms with Crippen LogP contribution in [0, 0.1) is 28.3 Å². The molecule has 0 N–H and O–H groups in total. The van der Waals surface area contributed by atoms with Crippen molar-refractivity contribution in [2.75, 3.05) is 6.54 Å². The van der Waals surface area contributed by atoms with Gasteiger partial charge in [0.25, 0.3) is 11.6 Å². The van der Waals surface area contributed by atoms with Crippen LogP contribution in [-0.2, 0) is 6.54 Å². The molecular weight excluding hydrogens is 291 g/mol. The number of hydrogen-bond donors (Lipinski definition) is 0. The lowest BCUT2D eigenvalue weighted by Gasteiger charge is -2.19. The van der Waals surface area contributed by atoms with Crippen molar-refractivity contribution >= 4 is 11.6 Å². The number of hydrogen-bond acceptors (Lipinski definition) is 4. The largest absolute Gasteiger partial charge is 0.467 e. The number of furan rings is 1. The fraction of sp³-hybridized carbons (Fsp3) is 0.133. The molecule has 2 aromatic rings. The monoisotopic (exact) mass is 302 g/mol. The van der Waals surface area contributed by atoms with Crippen molar-refractivity contribution < 1.29 is 18.5 Å². The Labute approximate surface area is 125 Å².